The van der Waals surface area contributed by atoms with Crippen molar-refractivity contribution in [2.45, 2.75) is 43.0 Å². The van der Waals surface area contributed by atoms with Crippen LogP contribution in [0, 0.1) is 0 Å². The van der Waals surface area contributed by atoms with Gasteiger partial charge in [0.1, 0.15) is 18.0 Å². The smallest absolute Gasteiger partial charge is 0.249 e. The summed E-state index contributed by atoms with van der Waals surface area (Å²) in [7, 11) is 0. The Morgan fingerprint density at radius 1 is 1.42 bits per heavy atom. The number of hydrogen-bond donors (Lipinski definition) is 2. The number of thioether (sulfide) groups is 1. The highest BCUT2D eigenvalue weighted by atomic mass is 32.2. The SMILES string of the molecule is C=N/C=C\C=C/CCN(CC(C=NCC(=O)NC1C(=O)N2CC(C)(C)SC12)=NN)Cc1ccccn1. The van der Waals surface area contributed by atoms with Crippen molar-refractivity contribution in [3.05, 3.63) is 54.5 Å². The second-order valence-electron chi connectivity index (χ2n) is 9.14. The molecule has 0 radical (unpaired) electrons. The summed E-state index contributed by atoms with van der Waals surface area (Å²) in [6, 6.07) is 5.30. The van der Waals surface area contributed by atoms with Gasteiger partial charge >= 0.3 is 0 Å². The van der Waals surface area contributed by atoms with Crippen LogP contribution < -0.4 is 11.2 Å². The fourth-order valence-corrected chi connectivity index (χ4v) is 5.50. The number of hydrogen-bond acceptors (Lipinski definition) is 9. The van der Waals surface area contributed by atoms with Gasteiger partial charge in [0.05, 0.1) is 11.4 Å². The standard InChI is InChI=1S/C25H34N8O2S/c1-25(2)18-33-23(35)22(24(33)36-25)30-21(34)15-28-14-20(31-26)17-32(13-9-5-4-7-11-27-3)16-19-10-6-8-12-29-19/h4-8,10-12,14,22,24H,3,9,13,15-18,26H2,1-2H3,(H,30,34)/b5-4-,11-7-,28-14?,31-20?. The summed E-state index contributed by atoms with van der Waals surface area (Å²) in [5, 5.41) is 6.67. The van der Waals surface area contributed by atoms with E-state index in [9.17, 15) is 9.59 Å². The Labute approximate surface area is 216 Å². The fourth-order valence-electron chi connectivity index (χ4n) is 4.01. The third kappa shape index (κ3) is 7.85. The van der Waals surface area contributed by atoms with Crippen molar-refractivity contribution in [1.29, 1.82) is 0 Å². The van der Waals surface area contributed by atoms with Gasteiger partial charge < -0.3 is 16.1 Å². The normalized spacial score (nSPS) is 21.5. The van der Waals surface area contributed by atoms with E-state index < -0.39 is 6.04 Å². The van der Waals surface area contributed by atoms with Gasteiger partial charge in [-0.2, -0.15) is 5.10 Å². The molecule has 11 heteroatoms. The minimum atomic E-state index is -0.485. The van der Waals surface area contributed by atoms with Crippen molar-refractivity contribution < 1.29 is 9.59 Å². The van der Waals surface area contributed by atoms with E-state index in [-0.39, 0.29) is 28.5 Å². The molecule has 36 heavy (non-hydrogen) atoms. The van der Waals surface area contributed by atoms with Gasteiger partial charge in [-0.3, -0.25) is 29.5 Å². The Kier molecular flexibility index (Phi) is 9.95. The van der Waals surface area contributed by atoms with E-state index in [0.717, 1.165) is 18.7 Å². The maximum atomic E-state index is 12.4. The van der Waals surface area contributed by atoms with Gasteiger partial charge in [0.2, 0.25) is 11.8 Å². The van der Waals surface area contributed by atoms with Crippen LogP contribution in [0.5, 0.6) is 0 Å². The number of nitrogens with one attached hydrogen (secondary N) is 1. The first-order valence-electron chi connectivity index (χ1n) is 11.8. The molecule has 2 aliphatic heterocycles. The molecule has 2 saturated heterocycles. The van der Waals surface area contributed by atoms with E-state index in [4.69, 9.17) is 5.84 Å². The van der Waals surface area contributed by atoms with Gasteiger partial charge in [-0.25, -0.2) is 0 Å². The van der Waals surface area contributed by atoms with Crippen LogP contribution in [0.1, 0.15) is 26.0 Å². The number of amides is 2. The number of rotatable bonds is 13. The molecule has 3 rings (SSSR count). The van der Waals surface area contributed by atoms with Crippen LogP contribution in [0.3, 0.4) is 0 Å². The van der Waals surface area contributed by atoms with Gasteiger partial charge in [-0.1, -0.05) is 18.2 Å². The number of carbonyl (C=O) groups excluding carboxylic acids is 2. The lowest BCUT2D eigenvalue weighted by Crippen LogP contribution is -2.67. The summed E-state index contributed by atoms with van der Waals surface area (Å²) in [6.45, 7) is 10.0. The lowest BCUT2D eigenvalue weighted by molar-refractivity contribution is -0.147. The molecule has 0 aliphatic carbocycles. The molecule has 2 unspecified atom stereocenters. The molecule has 1 aromatic rings. The molecule has 2 aliphatic rings. The zero-order chi connectivity index (χ0) is 26.0. The van der Waals surface area contributed by atoms with Crippen molar-refractivity contribution >= 4 is 42.2 Å². The Hall–Kier alpha value is -3.31. The first-order valence-corrected chi connectivity index (χ1v) is 12.6. The van der Waals surface area contributed by atoms with E-state index in [1.54, 1.807) is 24.2 Å². The minimum absolute atomic E-state index is 0.000627. The van der Waals surface area contributed by atoms with E-state index >= 15 is 0 Å². The number of aromatic nitrogens is 1. The number of carbonyl (C=O) groups is 2. The third-order valence-electron chi connectivity index (χ3n) is 5.64. The number of aliphatic imine (C=N–C) groups is 2. The minimum Gasteiger partial charge on any atom is -0.340 e. The molecular formula is C25H34N8O2S. The molecule has 2 fully saturated rings. The van der Waals surface area contributed by atoms with Gasteiger partial charge in [0.25, 0.3) is 0 Å². The predicted octanol–water partition coefficient (Wildman–Crippen LogP) is 1.61. The van der Waals surface area contributed by atoms with Crippen molar-refractivity contribution in [1.82, 2.24) is 20.1 Å². The number of fused-ring (bicyclic) bond motifs is 1. The molecule has 3 N–H and O–H groups in total. The van der Waals surface area contributed by atoms with Crippen molar-refractivity contribution in [3.8, 4) is 0 Å². The lowest BCUT2D eigenvalue weighted by atomic mass is 10.1. The van der Waals surface area contributed by atoms with Crippen LogP contribution in [0.15, 0.2) is 63.9 Å². The number of allylic oxidation sites excluding steroid dienone is 2. The van der Waals surface area contributed by atoms with E-state index in [2.05, 4.69) is 50.9 Å². The summed E-state index contributed by atoms with van der Waals surface area (Å²) in [5.41, 5.74) is 1.47. The van der Waals surface area contributed by atoms with Crippen LogP contribution in [0.2, 0.25) is 0 Å². The van der Waals surface area contributed by atoms with Crippen molar-refractivity contribution in [2.24, 2.45) is 20.9 Å². The highest BCUT2D eigenvalue weighted by Crippen LogP contribution is 2.46. The molecule has 0 bridgehead atoms. The molecule has 10 nitrogen and oxygen atoms in total. The second kappa shape index (κ2) is 13.1. The Morgan fingerprint density at radius 3 is 2.97 bits per heavy atom. The first-order chi connectivity index (χ1) is 17.3. The molecule has 2 atom stereocenters. The van der Waals surface area contributed by atoms with Gasteiger partial charge in [0.15, 0.2) is 0 Å². The molecule has 0 spiro atoms. The van der Waals surface area contributed by atoms with Crippen LogP contribution in [-0.2, 0) is 16.1 Å². The highest BCUT2D eigenvalue weighted by molar-refractivity contribution is 8.01. The van der Waals surface area contributed by atoms with Crippen LogP contribution in [-0.4, -0.2) is 87.6 Å². The van der Waals surface area contributed by atoms with E-state index in [1.165, 1.54) is 6.21 Å². The summed E-state index contributed by atoms with van der Waals surface area (Å²) >= 11 is 1.71. The summed E-state index contributed by atoms with van der Waals surface area (Å²) < 4.78 is 0.000876. The van der Waals surface area contributed by atoms with Crippen LogP contribution >= 0.6 is 11.8 Å². The third-order valence-corrected chi connectivity index (χ3v) is 7.17. The fraction of sp³-hybridized carbons (Fsp3) is 0.440. The number of nitrogens with two attached hydrogens (primary N) is 1. The van der Waals surface area contributed by atoms with Crippen molar-refractivity contribution in [2.75, 3.05) is 26.2 Å². The van der Waals surface area contributed by atoms with Gasteiger partial charge in [-0.05, 0) is 45.2 Å². The number of nitrogens with zero attached hydrogens (tertiary/aromatic N) is 6. The average Bonchev–Trinajstić information content (AvgIpc) is 3.16. The summed E-state index contributed by atoms with van der Waals surface area (Å²) in [5.74, 6) is 5.28. The highest BCUT2D eigenvalue weighted by Gasteiger charge is 2.56. The largest absolute Gasteiger partial charge is 0.340 e. The Morgan fingerprint density at radius 2 is 2.25 bits per heavy atom. The number of β-lactam (4-membered cyclic amide) rings is 1. The number of hydrazone groups is 1. The Balaban J connectivity index is 1.51. The lowest BCUT2D eigenvalue weighted by Gasteiger charge is -2.41. The maximum Gasteiger partial charge on any atom is 0.249 e. The van der Waals surface area contributed by atoms with Crippen LogP contribution in [0.4, 0.5) is 0 Å². The van der Waals surface area contributed by atoms with Crippen molar-refractivity contribution in [3.63, 3.8) is 0 Å². The van der Waals surface area contributed by atoms with E-state index in [0.29, 0.717) is 25.3 Å². The molecular weight excluding hydrogens is 476 g/mol. The van der Waals surface area contributed by atoms with E-state index in [1.807, 2.05) is 41.3 Å². The predicted molar refractivity (Wildman–Crippen MR) is 146 cm³/mol. The van der Waals surface area contributed by atoms with Gasteiger partial charge in [0, 0.05) is 49.5 Å². The zero-order valence-corrected chi connectivity index (χ0v) is 21.6. The molecule has 1 aromatic heterocycles. The quantitative estimate of drug-likeness (QED) is 0.136. The topological polar surface area (TPSA) is 129 Å². The zero-order valence-electron chi connectivity index (χ0n) is 20.8. The first kappa shape index (κ1) is 27.3. The molecule has 3 heterocycles. The Bertz CT molecular complexity index is 1040. The van der Waals surface area contributed by atoms with Crippen LogP contribution in [0.25, 0.3) is 0 Å². The molecule has 2 amide bonds. The van der Waals surface area contributed by atoms with Gasteiger partial charge in [-0.15, -0.1) is 11.8 Å². The molecule has 192 valence electrons. The average molecular weight is 511 g/mol. The monoisotopic (exact) mass is 510 g/mol. The summed E-state index contributed by atoms with van der Waals surface area (Å²) in [4.78, 5) is 41.0. The molecule has 0 aromatic carbocycles. The second-order valence-corrected chi connectivity index (χ2v) is 11.0. The molecule has 0 saturated carbocycles. The number of pyridine rings is 1. The maximum absolute atomic E-state index is 12.4. The summed E-state index contributed by atoms with van der Waals surface area (Å²) in [6.07, 6.45) is 11.5.